The van der Waals surface area contributed by atoms with Crippen LogP contribution in [0.4, 0.5) is 0 Å². The average molecular weight is 226 g/mol. The highest BCUT2D eigenvalue weighted by Crippen LogP contribution is 2.19. The van der Waals surface area contributed by atoms with E-state index >= 15 is 0 Å². The molecular weight excluding hydrogens is 212 g/mol. The molecule has 1 fully saturated rings. The van der Waals surface area contributed by atoms with Crippen molar-refractivity contribution in [2.45, 2.75) is 13.8 Å². The monoisotopic (exact) mass is 226 g/mol. The molecule has 0 radical (unpaired) electrons. The van der Waals surface area contributed by atoms with Crippen molar-refractivity contribution in [1.29, 1.82) is 0 Å². The van der Waals surface area contributed by atoms with Crippen molar-refractivity contribution >= 4 is 17.2 Å². The van der Waals surface area contributed by atoms with Gasteiger partial charge in [0.2, 0.25) is 0 Å². The van der Waals surface area contributed by atoms with Crippen molar-refractivity contribution < 1.29 is 9.53 Å². The van der Waals surface area contributed by atoms with Gasteiger partial charge in [0.15, 0.2) is 0 Å². The number of carbonyl (C=O) groups is 1. The number of morpholine rings is 1. The molecule has 1 aromatic heterocycles. The van der Waals surface area contributed by atoms with Crippen LogP contribution >= 0.6 is 11.3 Å². The molecule has 2 rings (SSSR count). The fourth-order valence-electron chi connectivity index (χ4n) is 1.64. The second-order valence-corrected chi connectivity index (χ2v) is 4.76. The largest absolute Gasteiger partial charge is 0.378 e. The van der Waals surface area contributed by atoms with Gasteiger partial charge in [0.05, 0.1) is 23.9 Å². The molecule has 2 heterocycles. The lowest BCUT2D eigenvalue weighted by Crippen LogP contribution is -2.40. The topological polar surface area (TPSA) is 42.4 Å². The van der Waals surface area contributed by atoms with E-state index in [1.54, 1.807) is 0 Å². The summed E-state index contributed by atoms with van der Waals surface area (Å²) >= 11 is 1.47. The third-order valence-electron chi connectivity index (χ3n) is 2.40. The molecule has 82 valence electrons. The fraction of sp³-hybridized carbons (Fsp3) is 0.600. The lowest BCUT2D eigenvalue weighted by atomic mass is 10.3. The smallest absolute Gasteiger partial charge is 0.266 e. The minimum Gasteiger partial charge on any atom is -0.378 e. The Morgan fingerprint density at radius 1 is 1.40 bits per heavy atom. The van der Waals surface area contributed by atoms with Gasteiger partial charge in [-0.15, -0.1) is 11.3 Å². The first-order chi connectivity index (χ1) is 7.18. The maximum atomic E-state index is 12.1. The Bertz CT molecular complexity index is 369. The van der Waals surface area contributed by atoms with E-state index in [0.29, 0.717) is 26.3 Å². The Morgan fingerprint density at radius 3 is 2.60 bits per heavy atom. The van der Waals surface area contributed by atoms with Gasteiger partial charge in [-0.25, -0.2) is 4.98 Å². The van der Waals surface area contributed by atoms with E-state index in [2.05, 4.69) is 4.98 Å². The van der Waals surface area contributed by atoms with Crippen molar-refractivity contribution in [3.05, 3.63) is 15.6 Å². The van der Waals surface area contributed by atoms with Crippen LogP contribution in [0.15, 0.2) is 0 Å². The van der Waals surface area contributed by atoms with Crippen molar-refractivity contribution in [3.63, 3.8) is 0 Å². The Hall–Kier alpha value is -0.940. The second kappa shape index (κ2) is 4.28. The normalized spacial score (nSPS) is 16.8. The minimum absolute atomic E-state index is 0.0985. The summed E-state index contributed by atoms with van der Waals surface area (Å²) < 4.78 is 5.22. The first-order valence-electron chi connectivity index (χ1n) is 4.99. The van der Waals surface area contributed by atoms with Gasteiger partial charge in [0, 0.05) is 13.1 Å². The molecular formula is C10H14N2O2S. The summed E-state index contributed by atoms with van der Waals surface area (Å²) in [5, 5.41) is 0.948. The van der Waals surface area contributed by atoms with E-state index in [-0.39, 0.29) is 5.91 Å². The molecule has 0 N–H and O–H groups in total. The summed E-state index contributed by atoms with van der Waals surface area (Å²) in [5.41, 5.74) is 0.842. The zero-order valence-electron chi connectivity index (χ0n) is 8.95. The number of hydrogen-bond acceptors (Lipinski definition) is 4. The van der Waals surface area contributed by atoms with Gasteiger partial charge in [-0.1, -0.05) is 0 Å². The van der Waals surface area contributed by atoms with Crippen LogP contribution in [0.3, 0.4) is 0 Å². The predicted octanol–water partition coefficient (Wildman–Crippen LogP) is 1.23. The van der Waals surface area contributed by atoms with Crippen LogP contribution in [0, 0.1) is 13.8 Å². The van der Waals surface area contributed by atoms with Crippen molar-refractivity contribution in [1.82, 2.24) is 9.88 Å². The highest BCUT2D eigenvalue weighted by Gasteiger charge is 2.22. The second-order valence-electron chi connectivity index (χ2n) is 3.55. The Kier molecular flexibility index (Phi) is 3.02. The van der Waals surface area contributed by atoms with Gasteiger partial charge < -0.3 is 9.64 Å². The quantitative estimate of drug-likeness (QED) is 0.723. The molecule has 1 saturated heterocycles. The Labute approximate surface area is 92.9 Å². The summed E-state index contributed by atoms with van der Waals surface area (Å²) in [5.74, 6) is 0.0985. The number of thiazole rings is 1. The maximum absolute atomic E-state index is 12.1. The van der Waals surface area contributed by atoms with E-state index in [9.17, 15) is 4.79 Å². The first kappa shape index (κ1) is 10.6. The highest BCUT2D eigenvalue weighted by atomic mass is 32.1. The van der Waals surface area contributed by atoms with E-state index < -0.39 is 0 Å². The van der Waals surface area contributed by atoms with Crippen LogP contribution in [0.25, 0.3) is 0 Å². The third kappa shape index (κ3) is 2.18. The van der Waals surface area contributed by atoms with Gasteiger partial charge in [0.25, 0.3) is 5.91 Å². The van der Waals surface area contributed by atoms with Crippen LogP contribution in [0.5, 0.6) is 0 Å². The van der Waals surface area contributed by atoms with Gasteiger partial charge in [-0.3, -0.25) is 4.79 Å². The summed E-state index contributed by atoms with van der Waals surface area (Å²) in [6.07, 6.45) is 0. The van der Waals surface area contributed by atoms with Gasteiger partial charge in [-0.05, 0) is 13.8 Å². The third-order valence-corrected chi connectivity index (χ3v) is 3.46. The Morgan fingerprint density at radius 2 is 2.07 bits per heavy atom. The van der Waals surface area contributed by atoms with E-state index in [1.165, 1.54) is 11.3 Å². The fourth-order valence-corrected chi connectivity index (χ4v) is 2.53. The van der Waals surface area contributed by atoms with Crippen LogP contribution in [-0.4, -0.2) is 42.1 Å². The van der Waals surface area contributed by atoms with Gasteiger partial charge in [-0.2, -0.15) is 0 Å². The van der Waals surface area contributed by atoms with E-state index in [0.717, 1.165) is 15.6 Å². The lowest BCUT2D eigenvalue weighted by Gasteiger charge is -2.26. The lowest BCUT2D eigenvalue weighted by molar-refractivity contribution is 0.0305. The SMILES string of the molecule is Cc1nc(C)c(C(=O)N2CCOCC2)s1. The van der Waals surface area contributed by atoms with Crippen molar-refractivity contribution in [3.8, 4) is 0 Å². The van der Waals surface area contributed by atoms with Crippen molar-refractivity contribution in [2.24, 2.45) is 0 Å². The maximum Gasteiger partial charge on any atom is 0.266 e. The minimum atomic E-state index is 0.0985. The molecule has 1 aromatic rings. The number of rotatable bonds is 1. The highest BCUT2D eigenvalue weighted by molar-refractivity contribution is 7.13. The molecule has 0 bridgehead atoms. The molecule has 1 aliphatic rings. The molecule has 15 heavy (non-hydrogen) atoms. The Balaban J connectivity index is 2.16. The summed E-state index contributed by atoms with van der Waals surface area (Å²) in [7, 11) is 0. The average Bonchev–Trinajstić information content (AvgIpc) is 2.58. The number of aryl methyl sites for hydroxylation is 2. The number of ether oxygens (including phenoxy) is 1. The molecule has 4 nitrogen and oxygen atoms in total. The number of amides is 1. The van der Waals surface area contributed by atoms with Gasteiger partial charge >= 0.3 is 0 Å². The summed E-state index contributed by atoms with van der Waals surface area (Å²) in [6.45, 7) is 6.47. The number of aromatic nitrogens is 1. The molecule has 0 spiro atoms. The molecule has 0 saturated carbocycles. The van der Waals surface area contributed by atoms with Crippen LogP contribution in [-0.2, 0) is 4.74 Å². The van der Waals surface area contributed by atoms with E-state index in [4.69, 9.17) is 4.74 Å². The zero-order chi connectivity index (χ0) is 10.8. The molecule has 0 aliphatic carbocycles. The number of carbonyl (C=O) groups excluding carboxylic acids is 1. The zero-order valence-corrected chi connectivity index (χ0v) is 9.76. The molecule has 1 amide bonds. The summed E-state index contributed by atoms with van der Waals surface area (Å²) in [4.78, 5) is 19.0. The first-order valence-corrected chi connectivity index (χ1v) is 5.81. The van der Waals surface area contributed by atoms with E-state index in [1.807, 2.05) is 18.7 Å². The predicted molar refractivity (Wildman–Crippen MR) is 58.3 cm³/mol. The molecule has 0 unspecified atom stereocenters. The molecule has 5 heteroatoms. The number of hydrogen-bond donors (Lipinski definition) is 0. The number of nitrogens with zero attached hydrogens (tertiary/aromatic N) is 2. The summed E-state index contributed by atoms with van der Waals surface area (Å²) in [6, 6.07) is 0. The van der Waals surface area contributed by atoms with Crippen LogP contribution in [0.1, 0.15) is 20.4 Å². The molecule has 0 atom stereocenters. The standard InChI is InChI=1S/C10H14N2O2S/c1-7-9(15-8(2)11-7)10(13)12-3-5-14-6-4-12/h3-6H2,1-2H3. The molecule has 0 aromatic carbocycles. The van der Waals surface area contributed by atoms with Gasteiger partial charge in [0.1, 0.15) is 4.88 Å². The van der Waals surface area contributed by atoms with Crippen LogP contribution in [0.2, 0.25) is 0 Å². The molecule has 1 aliphatic heterocycles. The van der Waals surface area contributed by atoms with Crippen molar-refractivity contribution in [2.75, 3.05) is 26.3 Å². The van der Waals surface area contributed by atoms with Crippen LogP contribution < -0.4 is 0 Å².